The van der Waals surface area contributed by atoms with Crippen molar-refractivity contribution in [2.24, 2.45) is 0 Å². The molecule has 0 saturated carbocycles. The maximum absolute atomic E-state index is 5.21. The van der Waals surface area contributed by atoms with E-state index in [1.807, 2.05) is 46.3 Å². The lowest BCUT2D eigenvalue weighted by Crippen LogP contribution is -1.95. The summed E-state index contributed by atoms with van der Waals surface area (Å²) in [5, 5.41) is 1.95. The number of hydrogen-bond donors (Lipinski definition) is 0. The summed E-state index contributed by atoms with van der Waals surface area (Å²) in [6.45, 7) is 0. The van der Waals surface area contributed by atoms with Crippen LogP contribution in [0.15, 0.2) is 41.9 Å². The van der Waals surface area contributed by atoms with E-state index in [4.69, 9.17) is 12.2 Å². The molecule has 0 saturated heterocycles. The molecule has 5 heteroatoms. The van der Waals surface area contributed by atoms with Crippen molar-refractivity contribution in [3.8, 4) is 11.4 Å². The summed E-state index contributed by atoms with van der Waals surface area (Å²) >= 11 is 6.77. The second kappa shape index (κ2) is 3.77. The summed E-state index contributed by atoms with van der Waals surface area (Å²) < 4.78 is 2.36. The summed E-state index contributed by atoms with van der Waals surface area (Å²) in [5.41, 5.74) is 0.990. The van der Waals surface area contributed by atoms with Crippen molar-refractivity contribution in [1.29, 1.82) is 0 Å². The fraction of sp³-hybridized carbons (Fsp3) is 0. The molecule has 0 unspecified atom stereocenters. The van der Waals surface area contributed by atoms with Crippen LogP contribution in [0.25, 0.3) is 16.3 Å². The molecule has 0 fully saturated rings. The zero-order valence-corrected chi connectivity index (χ0v) is 9.83. The van der Waals surface area contributed by atoms with Gasteiger partial charge in [0.05, 0.1) is 0 Å². The Labute approximate surface area is 101 Å². The van der Waals surface area contributed by atoms with E-state index in [1.54, 1.807) is 11.3 Å². The number of aromatic nitrogens is 3. The maximum atomic E-state index is 5.21. The number of rotatable bonds is 1. The summed E-state index contributed by atoms with van der Waals surface area (Å²) in [7, 11) is 0. The van der Waals surface area contributed by atoms with E-state index < -0.39 is 0 Å². The van der Waals surface area contributed by atoms with Crippen LogP contribution in [-0.4, -0.2) is 14.4 Å². The van der Waals surface area contributed by atoms with Gasteiger partial charge in [0.25, 0.3) is 0 Å². The van der Waals surface area contributed by atoms with Gasteiger partial charge in [0.2, 0.25) is 4.77 Å². The Balaban J connectivity index is 2.30. The first-order chi connectivity index (χ1) is 7.84. The molecule has 0 aliphatic heterocycles. The Hall–Kier alpha value is -1.59. The first-order valence-corrected chi connectivity index (χ1v) is 6.03. The summed E-state index contributed by atoms with van der Waals surface area (Å²) in [5.74, 6) is 0.688. The first-order valence-electron chi connectivity index (χ1n) is 4.74. The highest BCUT2D eigenvalue weighted by Gasteiger charge is 2.04. The van der Waals surface area contributed by atoms with Gasteiger partial charge in [0, 0.05) is 17.1 Å². The van der Waals surface area contributed by atoms with Crippen LogP contribution in [0.2, 0.25) is 0 Å². The Morgan fingerprint density at radius 1 is 1.12 bits per heavy atom. The molecule has 2 heterocycles. The van der Waals surface area contributed by atoms with Gasteiger partial charge in [-0.25, -0.2) is 4.98 Å². The smallest absolute Gasteiger partial charge is 0.208 e. The Morgan fingerprint density at radius 3 is 2.75 bits per heavy atom. The highest BCUT2D eigenvalue weighted by molar-refractivity contribution is 7.71. The van der Waals surface area contributed by atoms with Crippen molar-refractivity contribution in [2.45, 2.75) is 0 Å². The molecule has 0 aliphatic rings. The molecular weight excluding hydrogens is 238 g/mol. The number of fused-ring (bicyclic) bond motifs is 1. The van der Waals surface area contributed by atoms with Gasteiger partial charge in [-0.15, -0.1) is 11.3 Å². The Morgan fingerprint density at radius 2 is 1.94 bits per heavy atom. The van der Waals surface area contributed by atoms with Gasteiger partial charge >= 0.3 is 0 Å². The molecule has 0 N–H and O–H groups in total. The Kier molecular flexibility index (Phi) is 2.27. The first kappa shape index (κ1) is 9.62. The summed E-state index contributed by atoms with van der Waals surface area (Å²) in [6, 6.07) is 9.86. The lowest BCUT2D eigenvalue weighted by molar-refractivity contribution is 1.01. The van der Waals surface area contributed by atoms with E-state index in [2.05, 4.69) is 9.97 Å². The molecule has 0 amide bonds. The van der Waals surface area contributed by atoms with E-state index in [-0.39, 0.29) is 0 Å². The monoisotopic (exact) mass is 245 g/mol. The van der Waals surface area contributed by atoms with E-state index in [0.29, 0.717) is 10.6 Å². The van der Waals surface area contributed by atoms with Crippen molar-refractivity contribution >= 4 is 28.5 Å². The van der Waals surface area contributed by atoms with Gasteiger partial charge in [-0.1, -0.05) is 30.3 Å². The van der Waals surface area contributed by atoms with E-state index >= 15 is 0 Å². The lowest BCUT2D eigenvalue weighted by atomic mass is 10.2. The van der Waals surface area contributed by atoms with E-state index in [9.17, 15) is 0 Å². The molecule has 0 atom stereocenters. The van der Waals surface area contributed by atoms with E-state index in [1.165, 1.54) is 0 Å². The largest absolute Gasteiger partial charge is 0.267 e. The van der Waals surface area contributed by atoms with Crippen LogP contribution in [0.4, 0.5) is 0 Å². The molecule has 16 heavy (non-hydrogen) atoms. The second-order valence-corrected chi connectivity index (χ2v) is 4.49. The van der Waals surface area contributed by atoms with Gasteiger partial charge in [-0.05, 0) is 12.2 Å². The van der Waals surface area contributed by atoms with Crippen molar-refractivity contribution in [3.63, 3.8) is 0 Å². The average Bonchev–Trinajstić information content (AvgIpc) is 2.79. The predicted octanol–water partition coefficient (Wildman–Crippen LogP) is 3.19. The highest BCUT2D eigenvalue weighted by Crippen LogP contribution is 2.17. The zero-order valence-electron chi connectivity index (χ0n) is 8.20. The van der Waals surface area contributed by atoms with Crippen molar-refractivity contribution in [3.05, 3.63) is 46.7 Å². The maximum Gasteiger partial charge on any atom is 0.208 e. The minimum absolute atomic E-state index is 0.546. The van der Waals surface area contributed by atoms with Gasteiger partial charge < -0.3 is 0 Å². The molecule has 2 aromatic heterocycles. The zero-order chi connectivity index (χ0) is 11.0. The normalized spacial score (nSPS) is 10.8. The molecule has 0 radical (unpaired) electrons. The van der Waals surface area contributed by atoms with Crippen molar-refractivity contribution < 1.29 is 0 Å². The van der Waals surface area contributed by atoms with Crippen LogP contribution in [0.3, 0.4) is 0 Å². The van der Waals surface area contributed by atoms with Crippen LogP contribution >= 0.6 is 23.6 Å². The summed E-state index contributed by atoms with van der Waals surface area (Å²) in [6.07, 6.45) is 1.89. The highest BCUT2D eigenvalue weighted by atomic mass is 32.1. The third kappa shape index (κ3) is 1.54. The van der Waals surface area contributed by atoms with Gasteiger partial charge in [-0.2, -0.15) is 4.98 Å². The van der Waals surface area contributed by atoms with Crippen molar-refractivity contribution in [1.82, 2.24) is 14.4 Å². The molecule has 3 nitrogen and oxygen atoms in total. The molecular formula is C11H7N3S2. The minimum Gasteiger partial charge on any atom is -0.267 e. The number of benzene rings is 1. The fourth-order valence-electron chi connectivity index (χ4n) is 1.47. The van der Waals surface area contributed by atoms with E-state index in [0.717, 1.165) is 10.5 Å². The topological polar surface area (TPSA) is 30.2 Å². The second-order valence-electron chi connectivity index (χ2n) is 3.25. The average molecular weight is 245 g/mol. The van der Waals surface area contributed by atoms with Crippen LogP contribution in [0.1, 0.15) is 0 Å². The molecule has 0 bridgehead atoms. The molecule has 78 valence electrons. The third-order valence-corrected chi connectivity index (χ3v) is 3.28. The number of thiazole rings is 1. The third-order valence-electron chi connectivity index (χ3n) is 2.23. The predicted molar refractivity (Wildman–Crippen MR) is 67.1 cm³/mol. The number of hydrogen-bond acceptors (Lipinski definition) is 4. The molecule has 0 spiro atoms. The van der Waals surface area contributed by atoms with Crippen LogP contribution < -0.4 is 0 Å². The molecule has 3 rings (SSSR count). The number of nitrogens with zero attached hydrogens (tertiary/aromatic N) is 3. The van der Waals surface area contributed by atoms with Gasteiger partial charge in [-0.3, -0.25) is 4.40 Å². The van der Waals surface area contributed by atoms with Crippen molar-refractivity contribution in [2.75, 3.05) is 0 Å². The van der Waals surface area contributed by atoms with Gasteiger partial charge in [0.1, 0.15) is 0 Å². The quantitative estimate of drug-likeness (QED) is 0.617. The van der Waals surface area contributed by atoms with Crippen LogP contribution in [0.5, 0.6) is 0 Å². The minimum atomic E-state index is 0.546. The van der Waals surface area contributed by atoms with Crippen LogP contribution in [0, 0.1) is 4.77 Å². The molecule has 3 aromatic rings. The molecule has 1 aromatic carbocycles. The SMILES string of the molecule is S=c1nc(-c2ccccc2)nc2sccn12. The van der Waals surface area contributed by atoms with Crippen LogP contribution in [-0.2, 0) is 0 Å². The lowest BCUT2D eigenvalue weighted by Gasteiger charge is -1.99. The standard InChI is InChI=1S/C11H7N3S2/c15-10-12-9(8-4-2-1-3-5-8)13-11-14(10)6-7-16-11/h1-7H. The fourth-order valence-corrected chi connectivity index (χ4v) is 2.47. The Bertz CT molecular complexity index is 685. The molecule has 0 aliphatic carbocycles. The summed E-state index contributed by atoms with van der Waals surface area (Å²) in [4.78, 5) is 9.66. The van der Waals surface area contributed by atoms with Gasteiger partial charge in [0.15, 0.2) is 10.8 Å².